The number of rotatable bonds is 7. The van der Waals surface area contributed by atoms with Gasteiger partial charge in [0.05, 0.1) is 4.47 Å². The lowest BCUT2D eigenvalue weighted by molar-refractivity contribution is -0.128. The van der Waals surface area contributed by atoms with E-state index in [-0.39, 0.29) is 28.6 Å². The predicted molar refractivity (Wildman–Crippen MR) is 90.2 cm³/mol. The Balaban J connectivity index is 2.81. The minimum absolute atomic E-state index is 0.178. The molecule has 1 aromatic heterocycles. The molecule has 0 aliphatic heterocycles. The van der Waals surface area contributed by atoms with Gasteiger partial charge in [-0.1, -0.05) is 27.2 Å². The van der Waals surface area contributed by atoms with E-state index in [1.54, 1.807) is 6.92 Å². The number of aromatic nitrogens is 2. The molecule has 0 spiro atoms. The first-order chi connectivity index (χ1) is 10.3. The molecule has 1 aromatic rings. The van der Waals surface area contributed by atoms with Crippen LogP contribution in [-0.4, -0.2) is 22.3 Å². The van der Waals surface area contributed by atoms with Gasteiger partial charge in [0, 0.05) is 12.0 Å². The molecule has 0 radical (unpaired) electrons. The molecule has 1 heterocycles. The number of hydrogen-bond donors (Lipinski definition) is 2. The monoisotopic (exact) mass is 367 g/mol. The Bertz CT molecular complexity index is 598. The van der Waals surface area contributed by atoms with E-state index >= 15 is 0 Å². The smallest absolute Gasteiger partial charge is 0.225 e. The highest BCUT2D eigenvalue weighted by Crippen LogP contribution is 2.34. The Morgan fingerprint density at radius 1 is 1.55 bits per heavy atom. The highest BCUT2D eigenvalue weighted by molar-refractivity contribution is 9.10. The number of nitriles is 1. The minimum atomic E-state index is -0.388. The van der Waals surface area contributed by atoms with Gasteiger partial charge in [-0.3, -0.25) is 4.79 Å². The lowest BCUT2D eigenvalue weighted by atomic mass is 9.71. The summed E-state index contributed by atoms with van der Waals surface area (Å²) >= 11 is 3.18. The average Bonchev–Trinajstić information content (AvgIpc) is 2.49. The third kappa shape index (κ3) is 3.95. The quantitative estimate of drug-likeness (QED) is 0.766. The van der Waals surface area contributed by atoms with E-state index in [0.29, 0.717) is 23.4 Å². The van der Waals surface area contributed by atoms with Gasteiger partial charge in [-0.05, 0) is 35.2 Å². The SMILES string of the molecule is CC[C@@H](C)C(C)(CCNc1nc(N)c(Br)c(C#N)n1)C(C)=O. The molecule has 0 bridgehead atoms. The molecule has 22 heavy (non-hydrogen) atoms. The molecule has 0 aliphatic rings. The average molecular weight is 368 g/mol. The topological polar surface area (TPSA) is 105 Å². The molecule has 0 amide bonds. The molecule has 0 fully saturated rings. The summed E-state index contributed by atoms with van der Waals surface area (Å²) < 4.78 is 0.397. The third-order valence-corrected chi connectivity index (χ3v) is 5.20. The van der Waals surface area contributed by atoms with Crippen LogP contribution in [0.15, 0.2) is 4.47 Å². The lowest BCUT2D eigenvalue weighted by Gasteiger charge is -2.33. The Kier molecular flexibility index (Phi) is 6.30. The van der Waals surface area contributed by atoms with Crippen LogP contribution in [0, 0.1) is 22.7 Å². The Labute approximate surface area is 139 Å². The van der Waals surface area contributed by atoms with Crippen LogP contribution in [0.1, 0.15) is 46.2 Å². The fourth-order valence-corrected chi connectivity index (χ4v) is 2.54. The first kappa shape index (κ1) is 18.4. The van der Waals surface area contributed by atoms with Crippen molar-refractivity contribution in [3.63, 3.8) is 0 Å². The molecule has 6 nitrogen and oxygen atoms in total. The second-order valence-corrected chi connectivity index (χ2v) is 6.46. The Morgan fingerprint density at radius 2 is 2.18 bits per heavy atom. The molecule has 1 unspecified atom stereocenters. The zero-order valence-electron chi connectivity index (χ0n) is 13.4. The van der Waals surface area contributed by atoms with E-state index in [0.717, 1.165) is 6.42 Å². The van der Waals surface area contributed by atoms with Crippen molar-refractivity contribution in [2.75, 3.05) is 17.6 Å². The van der Waals surface area contributed by atoms with Crippen LogP contribution in [0.2, 0.25) is 0 Å². The molecule has 2 atom stereocenters. The Morgan fingerprint density at radius 3 is 2.68 bits per heavy atom. The zero-order chi connectivity index (χ0) is 16.9. The molecule has 0 saturated carbocycles. The van der Waals surface area contributed by atoms with Crippen LogP contribution in [0.4, 0.5) is 11.8 Å². The normalized spacial score (nSPS) is 14.7. The summed E-state index contributed by atoms with van der Waals surface area (Å²) in [7, 11) is 0. The Hall–Kier alpha value is -1.68. The van der Waals surface area contributed by atoms with Crippen molar-refractivity contribution in [2.24, 2.45) is 11.3 Å². The minimum Gasteiger partial charge on any atom is -0.383 e. The van der Waals surface area contributed by atoms with Crippen LogP contribution in [0.3, 0.4) is 0 Å². The number of ketones is 1. The van der Waals surface area contributed by atoms with Crippen LogP contribution in [0.25, 0.3) is 0 Å². The zero-order valence-corrected chi connectivity index (χ0v) is 15.0. The van der Waals surface area contributed by atoms with Gasteiger partial charge in [0.2, 0.25) is 5.95 Å². The summed E-state index contributed by atoms with van der Waals surface area (Å²) in [5.74, 6) is 0.979. The third-order valence-electron chi connectivity index (χ3n) is 4.41. The van der Waals surface area contributed by atoms with E-state index < -0.39 is 0 Å². The maximum Gasteiger partial charge on any atom is 0.225 e. The second-order valence-electron chi connectivity index (χ2n) is 5.67. The molecule has 0 saturated heterocycles. The van der Waals surface area contributed by atoms with Gasteiger partial charge in [-0.2, -0.15) is 10.2 Å². The fraction of sp³-hybridized carbons (Fsp3) is 0.600. The van der Waals surface area contributed by atoms with Gasteiger partial charge in [0.25, 0.3) is 0 Å². The van der Waals surface area contributed by atoms with E-state index in [1.807, 2.05) is 13.0 Å². The maximum atomic E-state index is 12.0. The lowest BCUT2D eigenvalue weighted by Crippen LogP contribution is -2.34. The summed E-state index contributed by atoms with van der Waals surface area (Å²) in [6.07, 6.45) is 1.61. The van der Waals surface area contributed by atoms with Gasteiger partial charge in [0.1, 0.15) is 17.7 Å². The molecular formula is C15H22BrN5O. The van der Waals surface area contributed by atoms with Gasteiger partial charge < -0.3 is 11.1 Å². The molecule has 0 aliphatic carbocycles. The maximum absolute atomic E-state index is 12.0. The predicted octanol–water partition coefficient (Wildman–Crippen LogP) is 3.14. The van der Waals surface area contributed by atoms with Crippen molar-refractivity contribution in [1.82, 2.24) is 9.97 Å². The van der Waals surface area contributed by atoms with E-state index in [2.05, 4.69) is 45.1 Å². The molecule has 7 heteroatoms. The van der Waals surface area contributed by atoms with E-state index in [1.165, 1.54) is 0 Å². The van der Waals surface area contributed by atoms with E-state index in [4.69, 9.17) is 11.0 Å². The number of hydrogen-bond acceptors (Lipinski definition) is 6. The number of anilines is 2. The largest absolute Gasteiger partial charge is 0.383 e. The number of nitrogens with zero attached hydrogens (tertiary/aromatic N) is 3. The molecule has 3 N–H and O–H groups in total. The summed E-state index contributed by atoms with van der Waals surface area (Å²) in [5, 5.41) is 12.1. The van der Waals surface area contributed by atoms with Crippen molar-refractivity contribution in [2.45, 2.75) is 40.5 Å². The first-order valence-corrected chi connectivity index (χ1v) is 8.03. The van der Waals surface area contributed by atoms with Crippen molar-refractivity contribution in [3.05, 3.63) is 10.2 Å². The van der Waals surface area contributed by atoms with Crippen LogP contribution < -0.4 is 11.1 Å². The number of Topliss-reactive ketones (excluding diaryl/α,β-unsaturated/α-hetero) is 1. The van der Waals surface area contributed by atoms with Gasteiger partial charge in [-0.15, -0.1) is 0 Å². The summed E-state index contributed by atoms with van der Waals surface area (Å²) in [4.78, 5) is 20.1. The summed E-state index contributed by atoms with van der Waals surface area (Å²) in [5.41, 5.74) is 5.53. The van der Waals surface area contributed by atoms with Crippen LogP contribution in [-0.2, 0) is 4.79 Å². The summed E-state index contributed by atoms with van der Waals surface area (Å²) in [6.45, 7) is 8.32. The van der Waals surface area contributed by atoms with Crippen molar-refractivity contribution in [1.29, 1.82) is 5.26 Å². The molecular weight excluding hydrogens is 346 g/mol. The number of nitrogens with two attached hydrogens (primary N) is 1. The fourth-order valence-electron chi connectivity index (χ4n) is 2.27. The number of carbonyl (C=O) groups is 1. The van der Waals surface area contributed by atoms with Crippen LogP contribution >= 0.6 is 15.9 Å². The van der Waals surface area contributed by atoms with E-state index in [9.17, 15) is 4.79 Å². The van der Waals surface area contributed by atoms with Crippen molar-refractivity contribution in [3.8, 4) is 6.07 Å². The van der Waals surface area contributed by atoms with Gasteiger partial charge in [-0.25, -0.2) is 4.98 Å². The highest BCUT2D eigenvalue weighted by atomic mass is 79.9. The van der Waals surface area contributed by atoms with Gasteiger partial charge >= 0.3 is 0 Å². The molecule has 1 rings (SSSR count). The van der Waals surface area contributed by atoms with Crippen molar-refractivity contribution >= 4 is 33.5 Å². The number of nitrogen functional groups attached to an aromatic ring is 1. The summed E-state index contributed by atoms with van der Waals surface area (Å²) in [6, 6.07) is 1.96. The van der Waals surface area contributed by atoms with Crippen LogP contribution in [0.5, 0.6) is 0 Å². The number of carbonyl (C=O) groups excluding carboxylic acids is 1. The second kappa shape index (κ2) is 7.54. The number of nitrogens with one attached hydrogen (secondary N) is 1. The number of halogens is 1. The standard InChI is InChI=1S/C15H22BrN5O/c1-5-9(2)15(4,10(3)22)6-7-19-14-20-11(8-17)12(16)13(18)21-14/h9H,5-7H2,1-4H3,(H3,18,19,20,21)/t9-,15?/m1/s1. The highest BCUT2D eigenvalue weighted by Gasteiger charge is 2.34. The van der Waals surface area contributed by atoms with Crippen molar-refractivity contribution < 1.29 is 4.79 Å². The molecule has 0 aromatic carbocycles. The van der Waals surface area contributed by atoms with Gasteiger partial charge in [0.15, 0.2) is 5.69 Å². The molecule has 120 valence electrons. The first-order valence-electron chi connectivity index (χ1n) is 7.24.